The molecule has 0 saturated heterocycles. The van der Waals surface area contributed by atoms with E-state index in [1.54, 1.807) is 51.1 Å². The van der Waals surface area contributed by atoms with Gasteiger partial charge in [0.15, 0.2) is 0 Å². The highest BCUT2D eigenvalue weighted by Gasteiger charge is 2.16. The number of aryl methyl sites for hydroxylation is 3. The molecule has 0 aliphatic heterocycles. The first-order valence-electron chi connectivity index (χ1n) is 10.4. The number of nitrogens with one attached hydrogen (secondary N) is 2. The summed E-state index contributed by atoms with van der Waals surface area (Å²) in [6.07, 6.45) is 0. The molecule has 0 saturated carbocycles. The number of rotatable bonds is 6. The molecule has 9 heteroatoms. The van der Waals surface area contributed by atoms with Gasteiger partial charge in [-0.3, -0.25) is 9.59 Å². The fraction of sp³-hybridized carbons (Fsp3) is 0.160. The molecule has 0 aliphatic rings. The summed E-state index contributed by atoms with van der Waals surface area (Å²) in [5.41, 5.74) is 2.47. The van der Waals surface area contributed by atoms with Crippen LogP contribution in [0.2, 0.25) is 5.02 Å². The summed E-state index contributed by atoms with van der Waals surface area (Å²) in [5, 5.41) is 5.44. The van der Waals surface area contributed by atoms with E-state index in [2.05, 4.69) is 15.6 Å². The number of benzene rings is 2. The molecule has 174 valence electrons. The molecule has 0 fully saturated rings. The lowest BCUT2D eigenvalue weighted by Gasteiger charge is -2.05. The number of aromatic nitrogens is 1. The smallest absolute Gasteiger partial charge is 0.259 e. The topological polar surface area (TPSA) is 97.4 Å². The van der Waals surface area contributed by atoms with Crippen LogP contribution in [-0.2, 0) is 6.54 Å². The minimum absolute atomic E-state index is 0.110. The number of nitrogens with zero attached hydrogens (tertiary/aromatic N) is 1. The molecular formula is C25H21ClFN3O4. The van der Waals surface area contributed by atoms with Gasteiger partial charge in [-0.25, -0.2) is 9.37 Å². The molecule has 2 heterocycles. The Hall–Kier alpha value is -3.91. The van der Waals surface area contributed by atoms with Crippen LogP contribution in [0, 0.1) is 26.6 Å². The summed E-state index contributed by atoms with van der Waals surface area (Å²) >= 11 is 5.75. The summed E-state index contributed by atoms with van der Waals surface area (Å²) in [4.78, 5) is 29.4. The molecule has 0 atom stereocenters. The van der Waals surface area contributed by atoms with Crippen molar-refractivity contribution in [1.82, 2.24) is 10.3 Å². The van der Waals surface area contributed by atoms with Gasteiger partial charge in [0, 0.05) is 16.8 Å². The lowest BCUT2D eigenvalue weighted by atomic mass is 10.2. The first kappa shape index (κ1) is 23.3. The van der Waals surface area contributed by atoms with E-state index >= 15 is 0 Å². The standard InChI is InChI=1S/C25H21ClFN3O4/c1-13-9-19(14(2)33-13)24(32)29-18-6-4-5-17(10-18)25-30-22(15(3)34-25)12-28-23(31)16-7-8-21(27)20(26)11-16/h4-11H,12H2,1-3H3,(H,28,31)(H,29,32). The zero-order chi connectivity index (χ0) is 24.4. The van der Waals surface area contributed by atoms with E-state index in [1.165, 1.54) is 12.1 Å². The van der Waals surface area contributed by atoms with Crippen molar-refractivity contribution in [2.75, 3.05) is 5.32 Å². The lowest BCUT2D eigenvalue weighted by molar-refractivity contribution is 0.0949. The van der Waals surface area contributed by atoms with Gasteiger partial charge in [0.05, 0.1) is 17.1 Å². The first-order chi connectivity index (χ1) is 16.2. The minimum atomic E-state index is -0.594. The van der Waals surface area contributed by atoms with Crippen molar-refractivity contribution in [2.24, 2.45) is 0 Å². The molecule has 4 rings (SSSR count). The number of hydrogen-bond donors (Lipinski definition) is 2. The first-order valence-corrected chi connectivity index (χ1v) is 10.8. The molecule has 2 aromatic carbocycles. The van der Waals surface area contributed by atoms with Crippen LogP contribution < -0.4 is 10.6 Å². The summed E-state index contributed by atoms with van der Waals surface area (Å²) in [6, 6.07) is 12.5. The van der Waals surface area contributed by atoms with Crippen molar-refractivity contribution in [3.05, 3.63) is 93.5 Å². The molecule has 0 radical (unpaired) electrons. The van der Waals surface area contributed by atoms with Gasteiger partial charge in [-0.2, -0.15) is 0 Å². The number of carbonyl (C=O) groups is 2. The van der Waals surface area contributed by atoms with Crippen molar-refractivity contribution in [2.45, 2.75) is 27.3 Å². The predicted octanol–water partition coefficient (Wildman–Crippen LogP) is 5.83. The number of halogens is 2. The molecule has 0 bridgehead atoms. The number of anilines is 1. The van der Waals surface area contributed by atoms with Crippen molar-refractivity contribution < 1.29 is 22.8 Å². The Bertz CT molecular complexity index is 1390. The molecule has 2 N–H and O–H groups in total. The van der Waals surface area contributed by atoms with Gasteiger partial charge in [0.2, 0.25) is 5.89 Å². The average Bonchev–Trinajstić information content (AvgIpc) is 3.35. The Morgan fingerprint density at radius 3 is 2.50 bits per heavy atom. The highest BCUT2D eigenvalue weighted by molar-refractivity contribution is 6.31. The third-order valence-corrected chi connectivity index (χ3v) is 5.43. The van der Waals surface area contributed by atoms with Crippen molar-refractivity contribution in [1.29, 1.82) is 0 Å². The van der Waals surface area contributed by atoms with Crippen molar-refractivity contribution in [3.8, 4) is 11.5 Å². The Morgan fingerprint density at radius 1 is 1.00 bits per heavy atom. The van der Waals surface area contributed by atoms with E-state index < -0.39 is 11.7 Å². The Balaban J connectivity index is 1.46. The third-order valence-electron chi connectivity index (χ3n) is 5.14. The van der Waals surface area contributed by atoms with Crippen LogP contribution in [0.1, 0.15) is 43.7 Å². The summed E-state index contributed by atoms with van der Waals surface area (Å²) < 4.78 is 24.5. The van der Waals surface area contributed by atoms with Crippen LogP contribution in [0.15, 0.2) is 57.4 Å². The second-order valence-electron chi connectivity index (χ2n) is 7.70. The molecule has 4 aromatic rings. The largest absolute Gasteiger partial charge is 0.466 e. The minimum Gasteiger partial charge on any atom is -0.466 e. The normalized spacial score (nSPS) is 10.9. The highest BCUT2D eigenvalue weighted by atomic mass is 35.5. The fourth-order valence-corrected chi connectivity index (χ4v) is 3.58. The molecule has 0 unspecified atom stereocenters. The zero-order valence-electron chi connectivity index (χ0n) is 18.7. The zero-order valence-corrected chi connectivity index (χ0v) is 19.4. The third kappa shape index (κ3) is 5.02. The van der Waals surface area contributed by atoms with Crippen molar-refractivity contribution in [3.63, 3.8) is 0 Å². The molecule has 2 amide bonds. The molecule has 34 heavy (non-hydrogen) atoms. The number of carbonyl (C=O) groups excluding carboxylic acids is 2. The lowest BCUT2D eigenvalue weighted by Crippen LogP contribution is -2.23. The number of oxazole rings is 1. The van der Waals surface area contributed by atoms with Crippen LogP contribution in [0.3, 0.4) is 0 Å². The Kier molecular flexibility index (Phi) is 6.51. The maximum absolute atomic E-state index is 13.3. The van der Waals surface area contributed by atoms with Crippen LogP contribution in [-0.4, -0.2) is 16.8 Å². The summed E-state index contributed by atoms with van der Waals surface area (Å²) in [7, 11) is 0. The van der Waals surface area contributed by atoms with E-state index in [9.17, 15) is 14.0 Å². The van der Waals surface area contributed by atoms with E-state index in [-0.39, 0.29) is 23.0 Å². The summed E-state index contributed by atoms with van der Waals surface area (Å²) in [6.45, 7) is 5.37. The van der Waals surface area contributed by atoms with Crippen LogP contribution in [0.25, 0.3) is 11.5 Å². The SMILES string of the molecule is Cc1cc(C(=O)Nc2cccc(-c3nc(CNC(=O)c4ccc(F)c(Cl)c4)c(C)o3)c2)c(C)o1. The molecule has 0 spiro atoms. The molecule has 7 nitrogen and oxygen atoms in total. The Morgan fingerprint density at radius 2 is 1.79 bits per heavy atom. The van der Waals surface area contributed by atoms with Crippen LogP contribution in [0.4, 0.5) is 10.1 Å². The van der Waals surface area contributed by atoms with Gasteiger partial charge in [-0.05, 0) is 63.2 Å². The number of furan rings is 1. The molecular weight excluding hydrogens is 461 g/mol. The quantitative estimate of drug-likeness (QED) is 0.361. The van der Waals surface area contributed by atoms with Gasteiger partial charge in [0.25, 0.3) is 11.8 Å². The molecule has 2 aromatic heterocycles. The van der Waals surface area contributed by atoms with E-state index in [4.69, 9.17) is 20.4 Å². The van der Waals surface area contributed by atoms with Crippen LogP contribution >= 0.6 is 11.6 Å². The van der Waals surface area contributed by atoms with Gasteiger partial charge in [0.1, 0.15) is 28.8 Å². The van der Waals surface area contributed by atoms with E-state index in [0.29, 0.717) is 45.7 Å². The second kappa shape index (κ2) is 9.52. The highest BCUT2D eigenvalue weighted by Crippen LogP contribution is 2.25. The van der Waals surface area contributed by atoms with Crippen LogP contribution in [0.5, 0.6) is 0 Å². The fourth-order valence-electron chi connectivity index (χ4n) is 3.40. The number of amides is 2. The molecule has 0 aliphatic carbocycles. The van der Waals surface area contributed by atoms with E-state index in [0.717, 1.165) is 6.07 Å². The van der Waals surface area contributed by atoms with Crippen molar-refractivity contribution >= 4 is 29.1 Å². The maximum atomic E-state index is 13.3. The summed E-state index contributed by atoms with van der Waals surface area (Å²) in [5.74, 6) is 0.797. The van der Waals surface area contributed by atoms with Gasteiger partial charge in [-0.15, -0.1) is 0 Å². The Labute approximate surface area is 199 Å². The van der Waals surface area contributed by atoms with Gasteiger partial charge < -0.3 is 19.5 Å². The predicted molar refractivity (Wildman–Crippen MR) is 125 cm³/mol. The number of hydrogen-bond acceptors (Lipinski definition) is 5. The maximum Gasteiger partial charge on any atom is 0.259 e. The van der Waals surface area contributed by atoms with E-state index in [1.807, 2.05) is 0 Å². The van der Waals surface area contributed by atoms with Gasteiger partial charge in [-0.1, -0.05) is 17.7 Å². The average molecular weight is 482 g/mol. The second-order valence-corrected chi connectivity index (χ2v) is 8.10. The van der Waals surface area contributed by atoms with Gasteiger partial charge >= 0.3 is 0 Å². The monoisotopic (exact) mass is 481 g/mol.